The molecule has 1 aromatic rings. The summed E-state index contributed by atoms with van der Waals surface area (Å²) < 4.78 is 13.9. The number of likely N-dealkylation sites (tertiary alicyclic amines) is 1. The number of piperidine rings is 1. The molecule has 1 heterocycles. The summed E-state index contributed by atoms with van der Waals surface area (Å²) in [6.45, 7) is 2.42. The highest BCUT2D eigenvalue weighted by Gasteiger charge is 2.24. The zero-order valence-electron chi connectivity index (χ0n) is 11.0. The molecule has 1 fully saturated rings. The van der Waals surface area contributed by atoms with Crippen molar-refractivity contribution in [3.63, 3.8) is 0 Å². The molecule has 1 atom stereocenters. The Bertz CT molecular complexity index is 465. The van der Waals surface area contributed by atoms with Crippen LogP contribution < -0.4 is 5.32 Å². The van der Waals surface area contributed by atoms with Gasteiger partial charge in [-0.15, -0.1) is 0 Å². The summed E-state index contributed by atoms with van der Waals surface area (Å²) >= 11 is 3.10. The lowest BCUT2D eigenvalue weighted by molar-refractivity contribution is 0.0673. The maximum atomic E-state index is 13.5. The molecule has 1 aromatic carbocycles. The van der Waals surface area contributed by atoms with Gasteiger partial charge in [-0.25, -0.2) is 4.39 Å². The summed E-state index contributed by atoms with van der Waals surface area (Å²) in [5.74, 6) is 0.0184. The molecule has 0 aromatic heterocycles. The molecule has 5 heteroatoms. The summed E-state index contributed by atoms with van der Waals surface area (Å²) in [5, 5.41) is 3.15. The highest BCUT2D eigenvalue weighted by molar-refractivity contribution is 9.10. The van der Waals surface area contributed by atoms with Gasteiger partial charge in [0.2, 0.25) is 0 Å². The van der Waals surface area contributed by atoms with Crippen LogP contribution >= 0.6 is 15.9 Å². The van der Waals surface area contributed by atoms with Gasteiger partial charge in [0.25, 0.3) is 5.91 Å². The van der Waals surface area contributed by atoms with E-state index in [-0.39, 0.29) is 5.91 Å². The fourth-order valence-electron chi connectivity index (χ4n) is 2.52. The van der Waals surface area contributed by atoms with Crippen LogP contribution in [0.5, 0.6) is 0 Å². The summed E-state index contributed by atoms with van der Waals surface area (Å²) in [7, 11) is 1.92. The SMILES string of the molecule is CNC[C@@H]1CCCN(C(=O)c2ccc(Br)c(F)c2)C1. The molecule has 1 N–H and O–H groups in total. The van der Waals surface area contributed by atoms with Gasteiger partial charge < -0.3 is 10.2 Å². The smallest absolute Gasteiger partial charge is 0.253 e. The van der Waals surface area contributed by atoms with Crippen molar-refractivity contribution in [2.45, 2.75) is 12.8 Å². The third-order valence-electron chi connectivity index (χ3n) is 3.47. The van der Waals surface area contributed by atoms with Crippen LogP contribution in [-0.2, 0) is 0 Å². The quantitative estimate of drug-likeness (QED) is 0.925. The van der Waals surface area contributed by atoms with Crippen molar-refractivity contribution >= 4 is 21.8 Å². The molecule has 104 valence electrons. The van der Waals surface area contributed by atoms with Crippen molar-refractivity contribution in [3.05, 3.63) is 34.1 Å². The first-order valence-corrected chi connectivity index (χ1v) is 7.30. The zero-order chi connectivity index (χ0) is 13.8. The maximum Gasteiger partial charge on any atom is 0.253 e. The van der Waals surface area contributed by atoms with E-state index in [9.17, 15) is 9.18 Å². The highest BCUT2D eigenvalue weighted by atomic mass is 79.9. The first-order chi connectivity index (χ1) is 9.11. The molecular formula is C14H18BrFN2O. The number of hydrogen-bond donors (Lipinski definition) is 1. The highest BCUT2D eigenvalue weighted by Crippen LogP contribution is 2.21. The molecule has 3 nitrogen and oxygen atoms in total. The maximum absolute atomic E-state index is 13.5. The van der Waals surface area contributed by atoms with E-state index < -0.39 is 5.82 Å². The number of amides is 1. The van der Waals surface area contributed by atoms with Crippen LogP contribution in [-0.4, -0.2) is 37.5 Å². The van der Waals surface area contributed by atoms with Gasteiger partial charge >= 0.3 is 0 Å². The average molecular weight is 329 g/mol. The molecule has 1 amide bonds. The van der Waals surface area contributed by atoms with Gasteiger partial charge in [0, 0.05) is 18.7 Å². The molecule has 1 aliphatic heterocycles. The van der Waals surface area contributed by atoms with Crippen LogP contribution in [0.3, 0.4) is 0 Å². The molecule has 0 radical (unpaired) electrons. The average Bonchev–Trinajstić information content (AvgIpc) is 2.42. The third kappa shape index (κ3) is 3.54. The first kappa shape index (κ1) is 14.5. The molecule has 1 saturated heterocycles. The number of hydrogen-bond acceptors (Lipinski definition) is 2. The predicted octanol–water partition coefficient (Wildman–Crippen LogP) is 2.66. The monoisotopic (exact) mass is 328 g/mol. The molecule has 1 aliphatic rings. The van der Waals surface area contributed by atoms with E-state index in [4.69, 9.17) is 0 Å². The number of halogens is 2. The van der Waals surface area contributed by atoms with Gasteiger partial charge in [0.1, 0.15) is 5.82 Å². The van der Waals surface area contributed by atoms with Gasteiger partial charge in [-0.3, -0.25) is 4.79 Å². The Morgan fingerprint density at radius 3 is 3.05 bits per heavy atom. The fourth-order valence-corrected chi connectivity index (χ4v) is 2.76. The van der Waals surface area contributed by atoms with Crippen LogP contribution in [0.15, 0.2) is 22.7 Å². The van der Waals surface area contributed by atoms with E-state index in [1.54, 1.807) is 12.1 Å². The Hall–Kier alpha value is -0.940. The number of rotatable bonds is 3. The van der Waals surface area contributed by atoms with Crippen LogP contribution in [0.1, 0.15) is 23.2 Å². The Kier molecular flexibility index (Phi) is 4.93. The van der Waals surface area contributed by atoms with E-state index in [0.717, 1.165) is 32.5 Å². The van der Waals surface area contributed by atoms with Gasteiger partial charge in [-0.2, -0.15) is 0 Å². The molecule has 2 rings (SSSR count). The number of carbonyl (C=O) groups is 1. The Morgan fingerprint density at radius 1 is 1.58 bits per heavy atom. The second-order valence-corrected chi connectivity index (χ2v) is 5.80. The molecule has 0 bridgehead atoms. The third-order valence-corrected chi connectivity index (χ3v) is 4.11. The number of nitrogens with zero attached hydrogens (tertiary/aromatic N) is 1. The first-order valence-electron chi connectivity index (χ1n) is 6.50. The van der Waals surface area contributed by atoms with Crippen molar-refractivity contribution in [3.8, 4) is 0 Å². The summed E-state index contributed by atoms with van der Waals surface area (Å²) in [6.07, 6.45) is 2.15. The van der Waals surface area contributed by atoms with Gasteiger partial charge in [0.15, 0.2) is 0 Å². The lowest BCUT2D eigenvalue weighted by atomic mass is 9.97. The Labute approximate surface area is 121 Å². The predicted molar refractivity (Wildman–Crippen MR) is 76.7 cm³/mol. The van der Waals surface area contributed by atoms with E-state index in [2.05, 4.69) is 21.2 Å². The molecule has 0 spiro atoms. The minimum atomic E-state index is -0.394. The largest absolute Gasteiger partial charge is 0.338 e. The van der Waals surface area contributed by atoms with Gasteiger partial charge in [-0.1, -0.05) is 0 Å². The standard InChI is InChI=1S/C14H18BrFN2O/c1-17-8-10-3-2-6-18(9-10)14(19)11-4-5-12(15)13(16)7-11/h4-5,7,10,17H,2-3,6,8-9H2,1H3/t10-/m0/s1. The van der Waals surface area contributed by atoms with Gasteiger partial charge in [-0.05, 0) is 66.5 Å². The normalized spacial score (nSPS) is 19.5. The summed E-state index contributed by atoms with van der Waals surface area (Å²) in [6, 6.07) is 4.54. The number of carbonyl (C=O) groups excluding carboxylic acids is 1. The van der Waals surface area contributed by atoms with Crippen molar-refractivity contribution in [1.29, 1.82) is 0 Å². The second kappa shape index (κ2) is 6.48. The lowest BCUT2D eigenvalue weighted by Gasteiger charge is -2.32. The van der Waals surface area contributed by atoms with Crippen molar-refractivity contribution in [2.24, 2.45) is 5.92 Å². The lowest BCUT2D eigenvalue weighted by Crippen LogP contribution is -2.42. The van der Waals surface area contributed by atoms with Crippen LogP contribution in [0.4, 0.5) is 4.39 Å². The fraction of sp³-hybridized carbons (Fsp3) is 0.500. The topological polar surface area (TPSA) is 32.3 Å². The summed E-state index contributed by atoms with van der Waals surface area (Å²) in [4.78, 5) is 14.2. The second-order valence-electron chi connectivity index (χ2n) is 4.95. The molecule has 0 aliphatic carbocycles. The minimum absolute atomic E-state index is 0.0767. The van der Waals surface area contributed by atoms with Crippen molar-refractivity contribution in [2.75, 3.05) is 26.7 Å². The number of nitrogens with one attached hydrogen (secondary N) is 1. The molecule has 19 heavy (non-hydrogen) atoms. The summed E-state index contributed by atoms with van der Waals surface area (Å²) in [5.41, 5.74) is 0.422. The van der Waals surface area contributed by atoms with Crippen LogP contribution in [0, 0.1) is 11.7 Å². The van der Waals surface area contributed by atoms with Crippen molar-refractivity contribution < 1.29 is 9.18 Å². The van der Waals surface area contributed by atoms with Crippen LogP contribution in [0.2, 0.25) is 0 Å². The zero-order valence-corrected chi connectivity index (χ0v) is 12.5. The van der Waals surface area contributed by atoms with E-state index in [1.807, 2.05) is 11.9 Å². The van der Waals surface area contributed by atoms with Crippen LogP contribution in [0.25, 0.3) is 0 Å². The van der Waals surface area contributed by atoms with E-state index >= 15 is 0 Å². The molecule has 0 unspecified atom stereocenters. The molecular weight excluding hydrogens is 311 g/mol. The van der Waals surface area contributed by atoms with E-state index in [0.29, 0.717) is 16.0 Å². The number of benzene rings is 1. The van der Waals surface area contributed by atoms with E-state index in [1.165, 1.54) is 6.07 Å². The van der Waals surface area contributed by atoms with Crippen molar-refractivity contribution in [1.82, 2.24) is 10.2 Å². The Morgan fingerprint density at radius 2 is 2.37 bits per heavy atom. The van der Waals surface area contributed by atoms with Gasteiger partial charge in [0.05, 0.1) is 4.47 Å². The minimum Gasteiger partial charge on any atom is -0.338 e. The molecule has 0 saturated carbocycles. The Balaban J connectivity index is 2.08.